The molecule has 1 aromatic rings. The lowest BCUT2D eigenvalue weighted by atomic mass is 10.0. The van der Waals surface area contributed by atoms with E-state index in [-0.39, 0.29) is 11.3 Å². The van der Waals surface area contributed by atoms with Gasteiger partial charge in [-0.15, -0.1) is 0 Å². The van der Waals surface area contributed by atoms with Gasteiger partial charge in [0.15, 0.2) is 17.4 Å². The first-order chi connectivity index (χ1) is 7.50. The molecule has 4 nitrogen and oxygen atoms in total. The molecule has 0 spiro atoms. The molecule has 1 fully saturated rings. The van der Waals surface area contributed by atoms with Gasteiger partial charge in [-0.1, -0.05) is 0 Å². The van der Waals surface area contributed by atoms with E-state index in [1.54, 1.807) is 6.07 Å². The number of ether oxygens (including phenoxy) is 1. The van der Waals surface area contributed by atoms with Crippen molar-refractivity contribution in [1.82, 2.24) is 0 Å². The molecular formula is C12H17NO3. The summed E-state index contributed by atoms with van der Waals surface area (Å²) in [4.78, 5) is 13.3. The molecule has 0 aliphatic carbocycles. The minimum Gasteiger partial charge on any atom is -0.437 e. The highest BCUT2D eigenvalue weighted by Gasteiger charge is 2.32. The van der Waals surface area contributed by atoms with Gasteiger partial charge in [0, 0.05) is 19.5 Å². The number of rotatable bonds is 2. The van der Waals surface area contributed by atoms with Gasteiger partial charge in [-0.25, -0.2) is 0 Å². The number of morpholine rings is 1. The number of hydrogen-bond donors (Lipinski definition) is 0. The van der Waals surface area contributed by atoms with E-state index in [1.165, 1.54) is 6.92 Å². The summed E-state index contributed by atoms with van der Waals surface area (Å²) in [5.74, 6) is 1.12. The molecule has 1 aromatic heterocycles. The van der Waals surface area contributed by atoms with E-state index in [1.807, 2.05) is 6.07 Å². The summed E-state index contributed by atoms with van der Waals surface area (Å²) >= 11 is 0. The van der Waals surface area contributed by atoms with Crippen molar-refractivity contribution in [1.29, 1.82) is 0 Å². The molecule has 1 aliphatic rings. The molecule has 0 amide bonds. The largest absolute Gasteiger partial charge is 0.437 e. The average molecular weight is 223 g/mol. The monoisotopic (exact) mass is 223 g/mol. The second-order valence-electron chi connectivity index (χ2n) is 4.71. The summed E-state index contributed by atoms with van der Waals surface area (Å²) in [5.41, 5.74) is -0.0931. The zero-order valence-electron chi connectivity index (χ0n) is 9.95. The Hall–Kier alpha value is -1.29. The Balaban J connectivity index is 2.25. The first-order valence-electron chi connectivity index (χ1n) is 5.47. The van der Waals surface area contributed by atoms with Crippen LogP contribution in [0.1, 0.15) is 31.3 Å². The standard InChI is InChI=1S/C12H17NO3/c1-9(14)10-4-5-11(16-10)13-6-7-15-8-12(13,2)3/h4-5H,6-8H2,1-3H3. The fourth-order valence-corrected chi connectivity index (χ4v) is 1.93. The van der Waals surface area contributed by atoms with Crippen molar-refractivity contribution in [3.63, 3.8) is 0 Å². The molecule has 2 heterocycles. The summed E-state index contributed by atoms with van der Waals surface area (Å²) in [5, 5.41) is 0. The highest BCUT2D eigenvalue weighted by Crippen LogP contribution is 2.28. The topological polar surface area (TPSA) is 42.7 Å². The molecule has 0 radical (unpaired) electrons. The maximum absolute atomic E-state index is 11.2. The Morgan fingerprint density at radius 1 is 1.44 bits per heavy atom. The normalized spacial score (nSPS) is 19.8. The van der Waals surface area contributed by atoms with Crippen LogP contribution in [-0.2, 0) is 4.74 Å². The van der Waals surface area contributed by atoms with Gasteiger partial charge in [-0.3, -0.25) is 4.79 Å². The van der Waals surface area contributed by atoms with Crippen LogP contribution in [0.25, 0.3) is 0 Å². The van der Waals surface area contributed by atoms with Crippen LogP contribution in [-0.4, -0.2) is 31.1 Å². The summed E-state index contributed by atoms with van der Waals surface area (Å²) in [7, 11) is 0. The minimum atomic E-state index is -0.0931. The maximum atomic E-state index is 11.2. The predicted octanol–water partition coefficient (Wildman–Crippen LogP) is 2.10. The number of Topliss-reactive ketones (excluding diaryl/α,β-unsaturated/α-hetero) is 1. The average Bonchev–Trinajstić information content (AvgIpc) is 2.65. The number of furan rings is 1. The summed E-state index contributed by atoms with van der Waals surface area (Å²) in [6, 6.07) is 3.58. The van der Waals surface area contributed by atoms with Crippen molar-refractivity contribution in [3.8, 4) is 0 Å². The van der Waals surface area contributed by atoms with E-state index in [0.29, 0.717) is 19.0 Å². The van der Waals surface area contributed by atoms with Crippen LogP contribution in [0, 0.1) is 0 Å². The third-order valence-corrected chi connectivity index (χ3v) is 2.85. The number of carbonyl (C=O) groups excluding carboxylic acids is 1. The molecule has 0 aromatic carbocycles. The molecule has 0 atom stereocenters. The third kappa shape index (κ3) is 1.97. The maximum Gasteiger partial charge on any atom is 0.196 e. The number of hydrogen-bond acceptors (Lipinski definition) is 4. The van der Waals surface area contributed by atoms with E-state index in [4.69, 9.17) is 9.15 Å². The Labute approximate surface area is 95.2 Å². The molecule has 1 saturated heterocycles. The van der Waals surface area contributed by atoms with Gasteiger partial charge >= 0.3 is 0 Å². The SMILES string of the molecule is CC(=O)c1ccc(N2CCOCC2(C)C)o1. The quantitative estimate of drug-likeness (QED) is 0.720. The van der Waals surface area contributed by atoms with E-state index < -0.39 is 0 Å². The molecule has 0 bridgehead atoms. The second-order valence-corrected chi connectivity index (χ2v) is 4.71. The van der Waals surface area contributed by atoms with Crippen molar-refractivity contribution in [2.45, 2.75) is 26.3 Å². The highest BCUT2D eigenvalue weighted by atomic mass is 16.5. The van der Waals surface area contributed by atoms with Crippen molar-refractivity contribution in [3.05, 3.63) is 17.9 Å². The number of ketones is 1. The van der Waals surface area contributed by atoms with Gasteiger partial charge in [0.2, 0.25) is 0 Å². The van der Waals surface area contributed by atoms with Crippen molar-refractivity contribution in [2.75, 3.05) is 24.7 Å². The molecule has 88 valence electrons. The first-order valence-corrected chi connectivity index (χ1v) is 5.47. The summed E-state index contributed by atoms with van der Waals surface area (Å²) in [6.07, 6.45) is 0. The van der Waals surface area contributed by atoms with Crippen molar-refractivity contribution < 1.29 is 13.9 Å². The zero-order chi connectivity index (χ0) is 11.8. The third-order valence-electron chi connectivity index (χ3n) is 2.85. The van der Waals surface area contributed by atoms with Crippen LogP contribution < -0.4 is 4.90 Å². The second kappa shape index (κ2) is 3.94. The zero-order valence-corrected chi connectivity index (χ0v) is 9.95. The first kappa shape index (κ1) is 11.2. The fourth-order valence-electron chi connectivity index (χ4n) is 1.93. The van der Waals surface area contributed by atoms with Crippen LogP contribution in [0.4, 0.5) is 5.88 Å². The highest BCUT2D eigenvalue weighted by molar-refractivity contribution is 5.91. The van der Waals surface area contributed by atoms with Gasteiger partial charge in [0.25, 0.3) is 0 Å². The van der Waals surface area contributed by atoms with Gasteiger partial charge < -0.3 is 14.1 Å². The van der Waals surface area contributed by atoms with Gasteiger partial charge in [0.05, 0.1) is 18.8 Å². The van der Waals surface area contributed by atoms with Gasteiger partial charge in [0.1, 0.15) is 0 Å². The van der Waals surface area contributed by atoms with Crippen LogP contribution in [0.15, 0.2) is 16.5 Å². The fraction of sp³-hybridized carbons (Fsp3) is 0.583. The predicted molar refractivity (Wildman–Crippen MR) is 61.0 cm³/mol. The van der Waals surface area contributed by atoms with Crippen molar-refractivity contribution >= 4 is 11.7 Å². The molecular weight excluding hydrogens is 206 g/mol. The molecule has 0 unspecified atom stereocenters. The molecule has 16 heavy (non-hydrogen) atoms. The molecule has 1 aliphatic heterocycles. The van der Waals surface area contributed by atoms with Crippen LogP contribution >= 0.6 is 0 Å². The van der Waals surface area contributed by atoms with Gasteiger partial charge in [-0.2, -0.15) is 0 Å². The minimum absolute atomic E-state index is 0.0442. The Morgan fingerprint density at radius 3 is 2.75 bits per heavy atom. The van der Waals surface area contributed by atoms with E-state index >= 15 is 0 Å². The number of anilines is 1. The Kier molecular flexibility index (Phi) is 2.76. The van der Waals surface area contributed by atoms with Crippen LogP contribution in [0.2, 0.25) is 0 Å². The Bertz CT molecular complexity index is 395. The summed E-state index contributed by atoms with van der Waals surface area (Å²) in [6.45, 7) is 7.86. The van der Waals surface area contributed by atoms with Crippen molar-refractivity contribution in [2.24, 2.45) is 0 Å². The molecule has 0 saturated carbocycles. The summed E-state index contributed by atoms with van der Waals surface area (Å²) < 4.78 is 11.0. The lowest BCUT2D eigenvalue weighted by Gasteiger charge is -2.41. The molecule has 2 rings (SSSR count). The van der Waals surface area contributed by atoms with E-state index in [2.05, 4.69) is 18.7 Å². The van der Waals surface area contributed by atoms with Gasteiger partial charge in [-0.05, 0) is 19.9 Å². The number of carbonyl (C=O) groups is 1. The molecule has 0 N–H and O–H groups in total. The van der Waals surface area contributed by atoms with E-state index in [0.717, 1.165) is 12.4 Å². The lowest BCUT2D eigenvalue weighted by Crippen LogP contribution is -2.53. The van der Waals surface area contributed by atoms with Crippen LogP contribution in [0.3, 0.4) is 0 Å². The van der Waals surface area contributed by atoms with Crippen LogP contribution in [0.5, 0.6) is 0 Å². The number of nitrogens with zero attached hydrogens (tertiary/aromatic N) is 1. The molecule has 4 heteroatoms. The Morgan fingerprint density at radius 2 is 2.19 bits per heavy atom. The van der Waals surface area contributed by atoms with E-state index in [9.17, 15) is 4.79 Å². The lowest BCUT2D eigenvalue weighted by molar-refractivity contribution is 0.0616. The smallest absolute Gasteiger partial charge is 0.196 e.